The molecule has 4 saturated heterocycles. The van der Waals surface area contributed by atoms with Gasteiger partial charge in [0.2, 0.25) is 5.91 Å². The maximum absolute atomic E-state index is 14.1. The Labute approximate surface area is 296 Å². The number of nitrogens with two attached hydrogens (primary N) is 1. The Balaban J connectivity index is 1.02. The molecule has 0 aliphatic carbocycles. The van der Waals surface area contributed by atoms with E-state index in [1.54, 1.807) is 9.80 Å². The number of nitrogen functional groups attached to an aromatic ring is 1. The molecule has 5 aliphatic rings. The molecule has 5 aliphatic heterocycles. The fraction of sp³-hybridized carbons (Fsp3) is 0.606. The van der Waals surface area contributed by atoms with Gasteiger partial charge in [0.1, 0.15) is 6.04 Å². The van der Waals surface area contributed by atoms with Crippen LogP contribution in [-0.2, 0) is 23.9 Å². The number of carbonyl (C=O) groups excluding carboxylic acids is 3. The first-order valence-electron chi connectivity index (χ1n) is 16.9. The minimum atomic E-state index is -4.68. The highest BCUT2D eigenvalue weighted by Crippen LogP contribution is 2.39. The van der Waals surface area contributed by atoms with Crippen LogP contribution >= 0.6 is 27.3 Å². The third-order valence-electron chi connectivity index (χ3n) is 11.1. The van der Waals surface area contributed by atoms with Crippen molar-refractivity contribution in [2.45, 2.75) is 81.5 Å². The molecule has 1 aromatic carbocycles. The number of nitrogens with one attached hydrogen (secondary N) is 2. The fourth-order valence-corrected chi connectivity index (χ4v) is 9.65. The van der Waals surface area contributed by atoms with Crippen LogP contribution in [-0.4, -0.2) is 119 Å². The highest BCUT2D eigenvalue weighted by molar-refractivity contribution is 9.10. The lowest BCUT2D eigenvalue weighted by Crippen LogP contribution is -2.58. The molecule has 16 heteroatoms. The molecule has 4 fully saturated rings. The van der Waals surface area contributed by atoms with E-state index in [1.807, 2.05) is 15.7 Å². The van der Waals surface area contributed by atoms with Gasteiger partial charge in [0.15, 0.2) is 0 Å². The van der Waals surface area contributed by atoms with Crippen molar-refractivity contribution in [2.75, 3.05) is 57.4 Å². The van der Waals surface area contributed by atoms with Gasteiger partial charge in [0.05, 0.1) is 23.5 Å². The van der Waals surface area contributed by atoms with E-state index in [1.165, 1.54) is 23.8 Å². The lowest BCUT2D eigenvalue weighted by Gasteiger charge is -2.43. The van der Waals surface area contributed by atoms with Gasteiger partial charge < -0.3 is 36.0 Å². The van der Waals surface area contributed by atoms with E-state index >= 15 is 0 Å². The molecule has 6 heterocycles. The van der Waals surface area contributed by atoms with E-state index in [0.29, 0.717) is 63.7 Å². The van der Waals surface area contributed by atoms with Crippen LogP contribution in [0.2, 0.25) is 0 Å². The summed E-state index contributed by atoms with van der Waals surface area (Å²) in [6, 6.07) is 2.25. The van der Waals surface area contributed by atoms with E-state index in [-0.39, 0.29) is 34.4 Å². The van der Waals surface area contributed by atoms with Crippen molar-refractivity contribution in [2.24, 2.45) is 0 Å². The summed E-state index contributed by atoms with van der Waals surface area (Å²) >= 11 is 4.70. The van der Waals surface area contributed by atoms with Crippen molar-refractivity contribution >= 4 is 56.6 Å². The Hall–Kier alpha value is -3.08. The number of anilines is 2. The fourth-order valence-electron chi connectivity index (χ4n) is 8.36. The number of benzene rings is 1. The van der Waals surface area contributed by atoms with Gasteiger partial charge in [0, 0.05) is 85.3 Å². The van der Waals surface area contributed by atoms with Crippen LogP contribution in [0.1, 0.15) is 48.8 Å². The first-order chi connectivity index (χ1) is 23.4. The summed E-state index contributed by atoms with van der Waals surface area (Å²) in [6.07, 6.45) is -0.857. The number of hydrogen-bond acceptors (Lipinski definition) is 7. The predicted octanol–water partition coefficient (Wildman–Crippen LogP) is 4.62. The number of piperidine rings is 2. The van der Waals surface area contributed by atoms with Crippen LogP contribution < -0.4 is 16.4 Å². The van der Waals surface area contributed by atoms with Crippen molar-refractivity contribution in [3.05, 3.63) is 44.1 Å². The number of likely N-dealkylation sites (N-methyl/N-ethyl adjacent to an activating group) is 1. The van der Waals surface area contributed by atoms with E-state index in [2.05, 4.69) is 43.4 Å². The first kappa shape index (κ1) is 34.4. The SMILES string of the molecule is CN1CC2CC1CN2C1CCN(C(=O)[C@@H](Cc2cc(Br)c(N)c(C(F)(F)F)c2)NC(=O)N2CCC(N3Cc4cscc4NC3=O)CC2)CC1. The Bertz CT molecular complexity index is 1590. The number of thiophene rings is 1. The van der Waals surface area contributed by atoms with Gasteiger partial charge in [-0.15, -0.1) is 11.3 Å². The number of piperazine rings is 1. The summed E-state index contributed by atoms with van der Waals surface area (Å²) in [5.74, 6) is -0.303. The average Bonchev–Trinajstić information content (AvgIpc) is 3.80. The van der Waals surface area contributed by atoms with Crippen molar-refractivity contribution < 1.29 is 27.6 Å². The molecule has 2 bridgehead atoms. The van der Waals surface area contributed by atoms with Crippen molar-refractivity contribution in [1.82, 2.24) is 29.8 Å². The van der Waals surface area contributed by atoms with Gasteiger partial charge in [-0.25, -0.2) is 9.59 Å². The zero-order valence-corrected chi connectivity index (χ0v) is 29.7. The summed E-state index contributed by atoms with van der Waals surface area (Å²) < 4.78 is 41.6. The Kier molecular flexibility index (Phi) is 9.52. The van der Waals surface area contributed by atoms with E-state index in [4.69, 9.17) is 5.73 Å². The number of fused-ring (bicyclic) bond motifs is 3. The molecule has 4 N–H and O–H groups in total. The average molecular weight is 768 g/mol. The largest absolute Gasteiger partial charge is 0.418 e. The summed E-state index contributed by atoms with van der Waals surface area (Å²) in [4.78, 5) is 50.7. The number of likely N-dealkylation sites (tertiary alicyclic amines) is 4. The molecular formula is C33H42BrF3N8O3S. The number of urea groups is 2. The smallest absolute Gasteiger partial charge is 0.397 e. The van der Waals surface area contributed by atoms with Crippen molar-refractivity contribution in [1.29, 1.82) is 0 Å². The molecule has 5 amide bonds. The highest BCUT2D eigenvalue weighted by Gasteiger charge is 2.45. The Morgan fingerprint density at radius 2 is 1.71 bits per heavy atom. The lowest BCUT2D eigenvalue weighted by atomic mass is 9.98. The number of carbonyl (C=O) groups is 3. The molecule has 1 aromatic heterocycles. The minimum absolute atomic E-state index is 0.0463. The molecule has 0 radical (unpaired) electrons. The third-order valence-corrected chi connectivity index (χ3v) is 12.6. The summed E-state index contributed by atoms with van der Waals surface area (Å²) in [6.45, 7) is 4.42. The summed E-state index contributed by atoms with van der Waals surface area (Å²) in [5.41, 5.74) is 6.49. The van der Waals surface area contributed by atoms with E-state index in [9.17, 15) is 27.6 Å². The summed E-state index contributed by atoms with van der Waals surface area (Å²) in [5, 5.41) is 9.77. The van der Waals surface area contributed by atoms with Gasteiger partial charge >= 0.3 is 18.2 Å². The lowest BCUT2D eigenvalue weighted by molar-refractivity contribution is -0.137. The number of hydrogen-bond donors (Lipinski definition) is 3. The molecule has 0 saturated carbocycles. The van der Waals surface area contributed by atoms with Gasteiger partial charge in [-0.05, 0) is 78.2 Å². The number of nitrogens with zero attached hydrogens (tertiary/aromatic N) is 5. The minimum Gasteiger partial charge on any atom is -0.397 e. The zero-order chi connectivity index (χ0) is 34.6. The second kappa shape index (κ2) is 13.6. The number of amides is 5. The van der Waals surface area contributed by atoms with Gasteiger partial charge in [-0.3, -0.25) is 9.69 Å². The highest BCUT2D eigenvalue weighted by atomic mass is 79.9. The van der Waals surface area contributed by atoms with Crippen molar-refractivity contribution in [3.8, 4) is 0 Å². The monoisotopic (exact) mass is 766 g/mol. The van der Waals surface area contributed by atoms with Crippen LogP contribution in [0, 0.1) is 0 Å². The number of rotatable bonds is 6. The molecule has 11 nitrogen and oxygen atoms in total. The molecule has 3 atom stereocenters. The van der Waals surface area contributed by atoms with Crippen LogP contribution in [0.5, 0.6) is 0 Å². The second-order valence-corrected chi connectivity index (χ2v) is 15.7. The summed E-state index contributed by atoms with van der Waals surface area (Å²) in [7, 11) is 2.17. The van der Waals surface area contributed by atoms with Crippen molar-refractivity contribution in [3.63, 3.8) is 0 Å². The predicted molar refractivity (Wildman–Crippen MR) is 184 cm³/mol. The number of alkyl halides is 3. The molecular weight excluding hydrogens is 725 g/mol. The molecule has 266 valence electrons. The molecule has 2 aromatic rings. The number of halogens is 4. The normalized spacial score (nSPS) is 24.7. The molecule has 7 rings (SSSR count). The molecule has 49 heavy (non-hydrogen) atoms. The molecule has 2 unspecified atom stereocenters. The van der Waals surface area contributed by atoms with Gasteiger partial charge in [-0.2, -0.15) is 13.2 Å². The quantitative estimate of drug-likeness (QED) is 0.370. The molecule has 0 spiro atoms. The topological polar surface area (TPSA) is 117 Å². The van der Waals surface area contributed by atoms with Crippen LogP contribution in [0.25, 0.3) is 0 Å². The van der Waals surface area contributed by atoms with Crippen LogP contribution in [0.15, 0.2) is 27.4 Å². The van der Waals surface area contributed by atoms with Gasteiger partial charge in [0.25, 0.3) is 0 Å². The third kappa shape index (κ3) is 6.97. The maximum Gasteiger partial charge on any atom is 0.418 e. The Morgan fingerprint density at radius 1 is 1.02 bits per heavy atom. The standard InChI is InChI=1S/C33H42BrF3N8O3S/c1-41-15-24-13-23(41)16-44(24)21-2-6-42(7-3-21)30(46)27(12-19-10-25(33(35,36)37)29(38)26(34)11-19)39-31(47)43-8-4-22(5-9-43)45-14-20-17-49-18-28(20)40-32(45)48/h10-11,17-18,21-24,27H,2-9,12-16,38H2,1H3,(H,39,47)(H,40,48)/t23?,24?,27-/m1/s1. The Morgan fingerprint density at radius 3 is 2.37 bits per heavy atom. The van der Waals surface area contributed by atoms with Crippen LogP contribution in [0.3, 0.4) is 0 Å². The first-order valence-corrected chi connectivity index (χ1v) is 18.7. The maximum atomic E-state index is 14.1. The van der Waals surface area contributed by atoms with Crippen LogP contribution in [0.4, 0.5) is 34.1 Å². The van der Waals surface area contributed by atoms with E-state index in [0.717, 1.165) is 43.2 Å². The second-order valence-electron chi connectivity index (χ2n) is 14.1. The van der Waals surface area contributed by atoms with Gasteiger partial charge in [-0.1, -0.05) is 0 Å². The van der Waals surface area contributed by atoms with E-state index < -0.39 is 29.5 Å². The zero-order valence-electron chi connectivity index (χ0n) is 27.3.